The number of carbonyl (C=O) groups is 1. The third-order valence-corrected chi connectivity index (χ3v) is 7.71. The van der Waals surface area contributed by atoms with Gasteiger partial charge in [-0.05, 0) is 68.3 Å². The number of methoxy groups -OCH3 is 1. The van der Waals surface area contributed by atoms with Gasteiger partial charge < -0.3 is 19.9 Å². The zero-order valence-electron chi connectivity index (χ0n) is 17.5. The molecule has 29 heavy (non-hydrogen) atoms. The Kier molecular flexibility index (Phi) is 7.01. The fraction of sp³-hybridized carbons (Fsp3) is 0.696. The number of ether oxygens (including phenoxy) is 1. The van der Waals surface area contributed by atoms with Gasteiger partial charge in [-0.2, -0.15) is 0 Å². The van der Waals surface area contributed by atoms with Crippen LogP contribution in [0.2, 0.25) is 0 Å². The van der Waals surface area contributed by atoms with Crippen molar-refractivity contribution in [2.24, 2.45) is 5.92 Å². The van der Waals surface area contributed by atoms with Gasteiger partial charge in [0.1, 0.15) is 5.75 Å². The van der Waals surface area contributed by atoms with E-state index in [9.17, 15) is 4.79 Å². The average molecular weight is 464 g/mol. The van der Waals surface area contributed by atoms with Crippen molar-refractivity contribution in [1.29, 1.82) is 0 Å². The second-order valence-electron chi connectivity index (χ2n) is 9.00. The Morgan fingerprint density at radius 3 is 2.72 bits per heavy atom. The predicted octanol–water partition coefficient (Wildman–Crippen LogP) is 4.44. The minimum Gasteiger partial charge on any atom is -0.497 e. The van der Waals surface area contributed by atoms with Crippen LogP contribution in [0.1, 0.15) is 50.5 Å². The predicted molar refractivity (Wildman–Crippen MR) is 119 cm³/mol. The fourth-order valence-corrected chi connectivity index (χ4v) is 5.72. The molecule has 1 saturated carbocycles. The molecule has 1 aliphatic carbocycles. The molecule has 2 unspecified atom stereocenters. The van der Waals surface area contributed by atoms with Gasteiger partial charge >= 0.3 is 6.03 Å². The molecule has 160 valence electrons. The number of nitrogens with one attached hydrogen (secondary N) is 1. The lowest BCUT2D eigenvalue weighted by molar-refractivity contribution is 0.124. The summed E-state index contributed by atoms with van der Waals surface area (Å²) in [5.41, 5.74) is 1.32. The largest absolute Gasteiger partial charge is 0.497 e. The highest BCUT2D eigenvalue weighted by molar-refractivity contribution is 9.10. The lowest BCUT2D eigenvalue weighted by atomic mass is 9.93. The van der Waals surface area contributed by atoms with Gasteiger partial charge in [-0.3, -0.25) is 0 Å². The molecular formula is C23H34BrN3O2. The van der Waals surface area contributed by atoms with E-state index in [1.165, 1.54) is 48.6 Å². The van der Waals surface area contributed by atoms with Crippen LogP contribution in [0.3, 0.4) is 0 Å². The molecule has 0 spiro atoms. The molecule has 2 aliphatic heterocycles. The lowest BCUT2D eigenvalue weighted by Gasteiger charge is -2.40. The van der Waals surface area contributed by atoms with Crippen LogP contribution in [0.4, 0.5) is 4.79 Å². The first-order chi connectivity index (χ1) is 14.1. The highest BCUT2D eigenvalue weighted by Crippen LogP contribution is 2.29. The maximum Gasteiger partial charge on any atom is 0.317 e. The van der Waals surface area contributed by atoms with E-state index in [1.807, 2.05) is 6.07 Å². The molecule has 3 fully saturated rings. The smallest absolute Gasteiger partial charge is 0.317 e. The topological polar surface area (TPSA) is 44.8 Å². The van der Waals surface area contributed by atoms with E-state index in [2.05, 4.69) is 43.2 Å². The lowest BCUT2D eigenvalue weighted by Crippen LogP contribution is -2.57. The third kappa shape index (κ3) is 5.26. The zero-order chi connectivity index (χ0) is 20.2. The molecule has 5 nitrogen and oxygen atoms in total. The van der Waals surface area contributed by atoms with Gasteiger partial charge in [0, 0.05) is 36.2 Å². The normalized spacial score (nSPS) is 26.6. The van der Waals surface area contributed by atoms with Gasteiger partial charge in [0.15, 0.2) is 0 Å². The fourth-order valence-electron chi connectivity index (χ4n) is 5.31. The molecule has 2 atom stereocenters. The molecule has 0 aromatic heterocycles. The number of nitrogens with zero attached hydrogens (tertiary/aromatic N) is 2. The van der Waals surface area contributed by atoms with E-state index in [0.29, 0.717) is 18.0 Å². The first-order valence-electron chi connectivity index (χ1n) is 11.2. The highest BCUT2D eigenvalue weighted by Gasteiger charge is 2.33. The maximum absolute atomic E-state index is 12.7. The molecule has 1 N–H and O–H groups in total. The van der Waals surface area contributed by atoms with Gasteiger partial charge in [0.05, 0.1) is 7.11 Å². The average Bonchev–Trinajstić information content (AvgIpc) is 3.17. The zero-order valence-corrected chi connectivity index (χ0v) is 19.1. The molecule has 1 aromatic rings. The first kappa shape index (κ1) is 21.0. The standard InChI is InChI=1S/C23H34BrN3O2/c1-29-21-7-8-22(24)18(14-21)13-17-9-11-26(15-17)16-19-10-12-27(23(28)25-19)20-5-3-2-4-6-20/h7-8,14,17,19-20H,2-6,9-13,15-16H2,1H3,(H,25,28). The van der Waals surface area contributed by atoms with Crippen LogP contribution in [-0.4, -0.2) is 61.2 Å². The van der Waals surface area contributed by atoms with E-state index in [0.717, 1.165) is 44.8 Å². The van der Waals surface area contributed by atoms with Crippen LogP contribution in [-0.2, 0) is 6.42 Å². The van der Waals surface area contributed by atoms with Gasteiger partial charge in [0.25, 0.3) is 0 Å². The Hall–Kier alpha value is -1.27. The summed E-state index contributed by atoms with van der Waals surface area (Å²) in [6, 6.07) is 7.16. The van der Waals surface area contributed by atoms with E-state index in [4.69, 9.17) is 4.74 Å². The Morgan fingerprint density at radius 2 is 1.97 bits per heavy atom. The molecule has 4 rings (SSSR count). The maximum atomic E-state index is 12.7. The number of hydrogen-bond donors (Lipinski definition) is 1. The number of hydrogen-bond acceptors (Lipinski definition) is 3. The van der Waals surface area contributed by atoms with Crippen molar-refractivity contribution in [3.63, 3.8) is 0 Å². The molecule has 3 aliphatic rings. The Bertz CT molecular complexity index is 707. The Morgan fingerprint density at radius 1 is 1.14 bits per heavy atom. The summed E-state index contributed by atoms with van der Waals surface area (Å²) in [5.74, 6) is 1.59. The minimum absolute atomic E-state index is 0.171. The van der Waals surface area contributed by atoms with E-state index < -0.39 is 0 Å². The molecule has 2 saturated heterocycles. The number of rotatable bonds is 6. The molecule has 6 heteroatoms. The van der Waals surface area contributed by atoms with Crippen LogP contribution >= 0.6 is 15.9 Å². The molecule has 2 amide bonds. The summed E-state index contributed by atoms with van der Waals surface area (Å²) in [6.07, 6.45) is 9.62. The van der Waals surface area contributed by atoms with Crippen LogP contribution in [0.15, 0.2) is 22.7 Å². The summed E-state index contributed by atoms with van der Waals surface area (Å²) in [7, 11) is 1.72. The molecular weight excluding hydrogens is 430 g/mol. The van der Waals surface area contributed by atoms with Gasteiger partial charge in [-0.25, -0.2) is 4.79 Å². The number of benzene rings is 1. The summed E-state index contributed by atoms with van der Waals surface area (Å²) < 4.78 is 6.55. The van der Waals surface area contributed by atoms with Crippen molar-refractivity contribution in [2.45, 2.75) is 63.5 Å². The highest BCUT2D eigenvalue weighted by atomic mass is 79.9. The quantitative estimate of drug-likeness (QED) is 0.677. The summed E-state index contributed by atoms with van der Waals surface area (Å²) in [5, 5.41) is 3.30. The van der Waals surface area contributed by atoms with Crippen molar-refractivity contribution in [2.75, 3.05) is 33.3 Å². The number of likely N-dealkylation sites (tertiary alicyclic amines) is 1. The summed E-state index contributed by atoms with van der Waals surface area (Å²) >= 11 is 3.69. The van der Waals surface area contributed by atoms with Crippen molar-refractivity contribution >= 4 is 22.0 Å². The number of halogens is 1. The van der Waals surface area contributed by atoms with Gasteiger partial charge in [0.2, 0.25) is 0 Å². The Balaban J connectivity index is 1.25. The van der Waals surface area contributed by atoms with E-state index in [-0.39, 0.29) is 6.03 Å². The number of carbonyl (C=O) groups excluding carboxylic acids is 1. The second kappa shape index (κ2) is 9.69. The van der Waals surface area contributed by atoms with Crippen LogP contribution in [0, 0.1) is 5.92 Å². The van der Waals surface area contributed by atoms with Gasteiger partial charge in [-0.15, -0.1) is 0 Å². The third-order valence-electron chi connectivity index (χ3n) is 6.93. The van der Waals surface area contributed by atoms with Crippen molar-refractivity contribution in [3.05, 3.63) is 28.2 Å². The van der Waals surface area contributed by atoms with E-state index >= 15 is 0 Å². The first-order valence-corrected chi connectivity index (χ1v) is 12.0. The number of amides is 2. The summed E-state index contributed by atoms with van der Waals surface area (Å²) in [6.45, 7) is 4.16. The monoisotopic (exact) mass is 463 g/mol. The summed E-state index contributed by atoms with van der Waals surface area (Å²) in [4.78, 5) is 17.3. The number of urea groups is 1. The van der Waals surface area contributed by atoms with Crippen molar-refractivity contribution < 1.29 is 9.53 Å². The molecule has 0 radical (unpaired) electrons. The second-order valence-corrected chi connectivity index (χ2v) is 9.85. The molecule has 1 aromatic carbocycles. The van der Waals surface area contributed by atoms with Crippen LogP contribution in [0.5, 0.6) is 5.75 Å². The Labute approximate surface area is 183 Å². The van der Waals surface area contributed by atoms with Crippen LogP contribution < -0.4 is 10.1 Å². The SMILES string of the molecule is COc1ccc(Br)c(CC2CCN(CC3CCN(C4CCCCC4)C(=O)N3)C2)c1. The van der Waals surface area contributed by atoms with Crippen molar-refractivity contribution in [3.8, 4) is 5.75 Å². The minimum atomic E-state index is 0.171. The van der Waals surface area contributed by atoms with Crippen molar-refractivity contribution in [1.82, 2.24) is 15.1 Å². The molecule has 0 bridgehead atoms. The van der Waals surface area contributed by atoms with Gasteiger partial charge in [-0.1, -0.05) is 35.2 Å². The molecule has 2 heterocycles. The van der Waals surface area contributed by atoms with Crippen LogP contribution in [0.25, 0.3) is 0 Å². The van der Waals surface area contributed by atoms with E-state index in [1.54, 1.807) is 7.11 Å².